The maximum atomic E-state index is 11.3. The molecule has 0 rings (SSSR count). The number of sulfonamides is 1. The summed E-state index contributed by atoms with van der Waals surface area (Å²) in [4.78, 5) is 22.3. The predicted octanol–water partition coefficient (Wildman–Crippen LogP) is -1.84. The Kier molecular flexibility index (Phi) is 5.39. The monoisotopic (exact) mass is 251 g/mol. The molecule has 8 heteroatoms. The van der Waals surface area contributed by atoms with E-state index in [-0.39, 0.29) is 5.92 Å². The third-order valence-corrected chi connectivity index (χ3v) is 2.34. The lowest BCUT2D eigenvalue weighted by atomic mass is 10.1. The van der Waals surface area contributed by atoms with E-state index in [0.29, 0.717) is 0 Å². The Hall–Kier alpha value is -1.15. The normalized spacial score (nSPS) is 13.3. The molecule has 0 saturated carbocycles. The Morgan fingerprint density at radius 2 is 1.81 bits per heavy atom. The fourth-order valence-corrected chi connectivity index (χ4v) is 1.32. The minimum Gasteiger partial charge on any atom is -0.346 e. The first-order chi connectivity index (χ1) is 7.13. The van der Waals surface area contributed by atoms with Gasteiger partial charge in [-0.3, -0.25) is 14.3 Å². The van der Waals surface area contributed by atoms with E-state index in [1.54, 1.807) is 18.6 Å². The van der Waals surface area contributed by atoms with Crippen LogP contribution in [0.4, 0.5) is 0 Å². The van der Waals surface area contributed by atoms with Crippen molar-refractivity contribution in [2.75, 3.05) is 12.8 Å². The highest BCUT2D eigenvalue weighted by atomic mass is 32.2. The molecule has 94 valence electrons. The molecule has 0 heterocycles. The van der Waals surface area contributed by atoms with Crippen LogP contribution in [0.3, 0.4) is 0 Å². The molecule has 0 bridgehead atoms. The van der Waals surface area contributed by atoms with Gasteiger partial charge in [-0.15, -0.1) is 0 Å². The highest BCUT2D eigenvalue weighted by Crippen LogP contribution is 1.97. The third-order valence-electron chi connectivity index (χ3n) is 1.74. The van der Waals surface area contributed by atoms with Gasteiger partial charge < -0.3 is 11.1 Å². The molecule has 0 aliphatic rings. The number of nitrogens with two attached hydrogens (primary N) is 1. The number of hydrogen-bond donors (Lipinski definition) is 3. The minimum absolute atomic E-state index is 0.0574. The second-order valence-corrected chi connectivity index (χ2v) is 5.53. The van der Waals surface area contributed by atoms with E-state index in [0.717, 1.165) is 6.26 Å². The van der Waals surface area contributed by atoms with Gasteiger partial charge in [0.1, 0.15) is 0 Å². The van der Waals surface area contributed by atoms with Crippen LogP contribution in [-0.2, 0) is 19.6 Å². The van der Waals surface area contributed by atoms with Gasteiger partial charge in [0.05, 0.1) is 18.8 Å². The Bertz CT molecular complexity index is 363. The first-order valence-corrected chi connectivity index (χ1v) is 6.56. The zero-order valence-electron chi connectivity index (χ0n) is 9.48. The first-order valence-electron chi connectivity index (χ1n) is 4.67. The highest BCUT2D eigenvalue weighted by molar-refractivity contribution is 7.89. The van der Waals surface area contributed by atoms with E-state index >= 15 is 0 Å². The summed E-state index contributed by atoms with van der Waals surface area (Å²) >= 11 is 0. The fraction of sp³-hybridized carbons (Fsp3) is 0.750. The Morgan fingerprint density at radius 3 is 2.19 bits per heavy atom. The van der Waals surface area contributed by atoms with Gasteiger partial charge in [-0.05, 0) is 5.92 Å². The van der Waals surface area contributed by atoms with Crippen molar-refractivity contribution in [3.8, 4) is 0 Å². The summed E-state index contributed by atoms with van der Waals surface area (Å²) in [6.45, 7) is 3.12. The lowest BCUT2D eigenvalue weighted by Gasteiger charge is -2.14. The highest BCUT2D eigenvalue weighted by Gasteiger charge is 2.18. The molecule has 4 N–H and O–H groups in total. The second kappa shape index (κ2) is 5.80. The van der Waals surface area contributed by atoms with Crippen molar-refractivity contribution < 1.29 is 18.0 Å². The molecule has 0 aliphatic heterocycles. The van der Waals surface area contributed by atoms with Crippen molar-refractivity contribution in [2.45, 2.75) is 19.9 Å². The summed E-state index contributed by atoms with van der Waals surface area (Å²) in [6.07, 6.45) is 0.854. The van der Waals surface area contributed by atoms with Gasteiger partial charge in [-0.25, -0.2) is 8.42 Å². The van der Waals surface area contributed by atoms with Gasteiger partial charge in [-0.2, -0.15) is 0 Å². The van der Waals surface area contributed by atoms with Gasteiger partial charge >= 0.3 is 0 Å². The Morgan fingerprint density at radius 1 is 1.31 bits per heavy atom. The van der Waals surface area contributed by atoms with Gasteiger partial charge in [0.25, 0.3) is 5.91 Å². The van der Waals surface area contributed by atoms with Crippen LogP contribution in [0, 0.1) is 5.92 Å². The van der Waals surface area contributed by atoms with Crippen LogP contribution in [0.25, 0.3) is 0 Å². The average molecular weight is 251 g/mol. The third kappa shape index (κ3) is 6.36. The summed E-state index contributed by atoms with van der Waals surface area (Å²) in [5, 5.41) is 2.25. The van der Waals surface area contributed by atoms with Crippen LogP contribution in [-0.4, -0.2) is 39.1 Å². The molecule has 0 unspecified atom stereocenters. The van der Waals surface area contributed by atoms with Crippen LogP contribution >= 0.6 is 0 Å². The number of hydrogen-bond acceptors (Lipinski definition) is 5. The molecule has 7 nitrogen and oxygen atoms in total. The Labute approximate surface area is 94.8 Å². The zero-order valence-corrected chi connectivity index (χ0v) is 10.3. The van der Waals surface area contributed by atoms with Crippen molar-refractivity contribution in [1.82, 2.24) is 10.0 Å². The van der Waals surface area contributed by atoms with Crippen LogP contribution in [0.2, 0.25) is 0 Å². The summed E-state index contributed by atoms with van der Waals surface area (Å²) < 4.78 is 23.0. The van der Waals surface area contributed by atoms with Gasteiger partial charge in [0.2, 0.25) is 15.9 Å². The minimum atomic E-state index is -3.59. The van der Waals surface area contributed by atoms with E-state index in [9.17, 15) is 18.0 Å². The zero-order chi connectivity index (χ0) is 12.9. The smallest absolute Gasteiger partial charge is 0.252 e. The van der Waals surface area contributed by atoms with E-state index in [1.807, 2.05) is 0 Å². The van der Waals surface area contributed by atoms with Crippen LogP contribution < -0.4 is 15.8 Å². The standard InChI is InChI=1S/C8H17N3O4S/c1-5(2)7(9)8(13)10-4-6(12)11-16(3,14)15/h5,7H,4,9H2,1-3H3,(H,10,13)(H,11,12)/t7-/m0/s1. The molecular weight excluding hydrogens is 234 g/mol. The first kappa shape index (κ1) is 14.8. The molecule has 2 amide bonds. The molecule has 0 aromatic rings. The van der Waals surface area contributed by atoms with Gasteiger partial charge in [0, 0.05) is 0 Å². The molecule has 0 aromatic carbocycles. The number of rotatable bonds is 5. The molecule has 0 radical (unpaired) electrons. The summed E-state index contributed by atoms with van der Waals surface area (Å²) in [6, 6.07) is -0.717. The van der Waals surface area contributed by atoms with Crippen LogP contribution in [0.5, 0.6) is 0 Å². The van der Waals surface area contributed by atoms with Crippen LogP contribution in [0.15, 0.2) is 0 Å². The topological polar surface area (TPSA) is 118 Å². The van der Waals surface area contributed by atoms with E-state index in [1.165, 1.54) is 0 Å². The van der Waals surface area contributed by atoms with Crippen molar-refractivity contribution in [3.63, 3.8) is 0 Å². The molecule has 0 aliphatic carbocycles. The number of carbonyl (C=O) groups excluding carboxylic acids is 2. The maximum absolute atomic E-state index is 11.3. The van der Waals surface area contributed by atoms with Gasteiger partial charge in [-0.1, -0.05) is 13.8 Å². The number of nitrogens with one attached hydrogen (secondary N) is 2. The lowest BCUT2D eigenvalue weighted by Crippen LogP contribution is -2.47. The molecule has 0 saturated heterocycles. The Balaban J connectivity index is 4.08. The predicted molar refractivity (Wildman–Crippen MR) is 58.8 cm³/mol. The molecule has 16 heavy (non-hydrogen) atoms. The molecular formula is C8H17N3O4S. The van der Waals surface area contributed by atoms with Gasteiger partial charge in [0.15, 0.2) is 0 Å². The van der Waals surface area contributed by atoms with E-state index < -0.39 is 34.4 Å². The SMILES string of the molecule is CC(C)[C@H](N)C(=O)NCC(=O)NS(C)(=O)=O. The largest absolute Gasteiger partial charge is 0.346 e. The summed E-state index contributed by atoms with van der Waals surface area (Å²) in [5.74, 6) is -1.34. The van der Waals surface area contributed by atoms with Crippen molar-refractivity contribution >= 4 is 21.8 Å². The summed E-state index contributed by atoms with van der Waals surface area (Å²) in [5.41, 5.74) is 5.51. The molecule has 0 aromatic heterocycles. The lowest BCUT2D eigenvalue weighted by molar-refractivity contribution is -0.126. The molecule has 1 atom stereocenters. The van der Waals surface area contributed by atoms with Crippen molar-refractivity contribution in [3.05, 3.63) is 0 Å². The quantitative estimate of drug-likeness (QED) is 0.530. The average Bonchev–Trinajstić information content (AvgIpc) is 2.09. The maximum Gasteiger partial charge on any atom is 0.252 e. The van der Waals surface area contributed by atoms with Crippen molar-refractivity contribution in [2.24, 2.45) is 11.7 Å². The van der Waals surface area contributed by atoms with Crippen LogP contribution in [0.1, 0.15) is 13.8 Å². The van der Waals surface area contributed by atoms with E-state index in [4.69, 9.17) is 5.73 Å². The van der Waals surface area contributed by atoms with Crippen molar-refractivity contribution in [1.29, 1.82) is 0 Å². The summed E-state index contributed by atoms with van der Waals surface area (Å²) in [7, 11) is -3.59. The number of carbonyl (C=O) groups is 2. The molecule has 0 spiro atoms. The molecule has 0 fully saturated rings. The van der Waals surface area contributed by atoms with E-state index in [2.05, 4.69) is 5.32 Å². The fourth-order valence-electron chi connectivity index (χ4n) is 0.831. The second-order valence-electron chi connectivity index (χ2n) is 3.79. The number of amides is 2.